The first-order chi connectivity index (χ1) is 14.2. The van der Waals surface area contributed by atoms with E-state index < -0.39 is 27.4 Å². The van der Waals surface area contributed by atoms with Gasteiger partial charge in [0, 0.05) is 23.8 Å². The molecule has 0 saturated carbocycles. The standard InChI is InChI=1S/C21H25Cl2N3O4S/c1-13-6-8-15(31(29,30)25-21(2,3)4)11-16(13)20(28)26(5)12-19(27)24-14-7-9-17(22)18(23)10-14/h6-11,25H,12H2,1-5H3,(H,24,27). The summed E-state index contributed by atoms with van der Waals surface area (Å²) in [5, 5.41) is 3.29. The first-order valence-electron chi connectivity index (χ1n) is 9.34. The number of amides is 2. The zero-order valence-corrected chi connectivity index (χ0v) is 20.2. The molecule has 0 unspecified atom stereocenters. The van der Waals surface area contributed by atoms with Crippen LogP contribution in [0.15, 0.2) is 41.3 Å². The Balaban J connectivity index is 2.17. The van der Waals surface area contributed by atoms with Crippen LogP contribution in [0.25, 0.3) is 0 Å². The lowest BCUT2D eigenvalue weighted by molar-refractivity contribution is -0.116. The second-order valence-electron chi connectivity index (χ2n) is 8.17. The molecule has 7 nitrogen and oxygen atoms in total. The molecule has 168 valence electrons. The van der Waals surface area contributed by atoms with Gasteiger partial charge in [-0.2, -0.15) is 0 Å². The van der Waals surface area contributed by atoms with Gasteiger partial charge in [-0.25, -0.2) is 13.1 Å². The quantitative estimate of drug-likeness (QED) is 0.643. The molecule has 0 aliphatic heterocycles. The molecule has 0 fully saturated rings. The second kappa shape index (κ2) is 9.56. The highest BCUT2D eigenvalue weighted by Gasteiger charge is 2.24. The van der Waals surface area contributed by atoms with Crippen LogP contribution in [0.5, 0.6) is 0 Å². The Kier molecular flexibility index (Phi) is 7.75. The van der Waals surface area contributed by atoms with Gasteiger partial charge in [0.25, 0.3) is 5.91 Å². The number of hydrogen-bond donors (Lipinski definition) is 2. The molecule has 0 aromatic heterocycles. The van der Waals surface area contributed by atoms with E-state index in [1.807, 2.05) is 0 Å². The number of hydrogen-bond acceptors (Lipinski definition) is 4. The zero-order valence-electron chi connectivity index (χ0n) is 17.9. The number of anilines is 1. The molecule has 0 atom stereocenters. The lowest BCUT2D eigenvalue weighted by atomic mass is 10.1. The van der Waals surface area contributed by atoms with E-state index in [4.69, 9.17) is 23.2 Å². The summed E-state index contributed by atoms with van der Waals surface area (Å²) >= 11 is 11.8. The number of carbonyl (C=O) groups is 2. The van der Waals surface area contributed by atoms with E-state index in [0.29, 0.717) is 21.3 Å². The van der Waals surface area contributed by atoms with E-state index >= 15 is 0 Å². The maximum Gasteiger partial charge on any atom is 0.254 e. The smallest absolute Gasteiger partial charge is 0.254 e. The summed E-state index contributed by atoms with van der Waals surface area (Å²) in [5.74, 6) is -0.917. The van der Waals surface area contributed by atoms with Gasteiger partial charge in [-0.05, 0) is 63.6 Å². The van der Waals surface area contributed by atoms with Crippen LogP contribution >= 0.6 is 23.2 Å². The number of halogens is 2. The van der Waals surface area contributed by atoms with Gasteiger partial charge in [0.15, 0.2) is 0 Å². The van der Waals surface area contributed by atoms with Gasteiger partial charge < -0.3 is 10.2 Å². The Bertz CT molecular complexity index is 1110. The Morgan fingerprint density at radius 1 is 1.03 bits per heavy atom. The molecular weight excluding hydrogens is 461 g/mol. The van der Waals surface area contributed by atoms with Crippen LogP contribution in [0.1, 0.15) is 36.7 Å². The summed E-state index contributed by atoms with van der Waals surface area (Å²) in [6, 6.07) is 8.97. The third kappa shape index (κ3) is 6.93. The van der Waals surface area contributed by atoms with Crippen LogP contribution in [-0.4, -0.2) is 44.3 Å². The molecule has 2 aromatic rings. The number of rotatable bonds is 6. The number of aryl methyl sites for hydroxylation is 1. The molecule has 2 rings (SSSR count). The summed E-state index contributed by atoms with van der Waals surface area (Å²) in [7, 11) is -2.35. The number of benzene rings is 2. The molecule has 10 heteroatoms. The number of sulfonamides is 1. The minimum absolute atomic E-state index is 0.0231. The van der Waals surface area contributed by atoms with Crippen molar-refractivity contribution < 1.29 is 18.0 Å². The summed E-state index contributed by atoms with van der Waals surface area (Å²) < 4.78 is 27.8. The van der Waals surface area contributed by atoms with E-state index in [-0.39, 0.29) is 17.0 Å². The normalized spacial score (nSPS) is 11.8. The Morgan fingerprint density at radius 3 is 2.26 bits per heavy atom. The van der Waals surface area contributed by atoms with Crippen LogP contribution in [0.3, 0.4) is 0 Å². The highest BCUT2D eigenvalue weighted by molar-refractivity contribution is 7.89. The van der Waals surface area contributed by atoms with E-state index in [9.17, 15) is 18.0 Å². The summed E-state index contributed by atoms with van der Waals surface area (Å²) in [5.41, 5.74) is 0.559. The highest BCUT2D eigenvalue weighted by Crippen LogP contribution is 2.25. The molecule has 2 aromatic carbocycles. The molecule has 0 aliphatic carbocycles. The van der Waals surface area contributed by atoms with Gasteiger partial charge in [-0.1, -0.05) is 29.3 Å². The Labute approximate surface area is 192 Å². The largest absolute Gasteiger partial charge is 0.332 e. The van der Waals surface area contributed by atoms with Gasteiger partial charge in [-0.3, -0.25) is 9.59 Å². The predicted molar refractivity (Wildman–Crippen MR) is 123 cm³/mol. The minimum Gasteiger partial charge on any atom is -0.332 e. The average Bonchev–Trinajstić information content (AvgIpc) is 2.62. The van der Waals surface area contributed by atoms with Crippen molar-refractivity contribution in [1.29, 1.82) is 0 Å². The fourth-order valence-electron chi connectivity index (χ4n) is 2.73. The van der Waals surface area contributed by atoms with E-state index in [2.05, 4.69) is 10.0 Å². The molecule has 0 saturated heterocycles. The van der Waals surface area contributed by atoms with E-state index in [1.54, 1.807) is 45.9 Å². The highest BCUT2D eigenvalue weighted by atomic mass is 35.5. The van der Waals surface area contributed by atoms with Gasteiger partial charge in [-0.15, -0.1) is 0 Å². The van der Waals surface area contributed by atoms with Crippen LogP contribution in [0.2, 0.25) is 10.0 Å². The maximum atomic E-state index is 12.9. The predicted octanol–water partition coefficient (Wildman–Crippen LogP) is 4.09. The molecule has 0 bridgehead atoms. The molecule has 0 spiro atoms. The van der Waals surface area contributed by atoms with Crippen molar-refractivity contribution in [1.82, 2.24) is 9.62 Å². The molecular formula is C21H25Cl2N3O4S. The first kappa shape index (κ1) is 25.1. The number of carbonyl (C=O) groups excluding carboxylic acids is 2. The van der Waals surface area contributed by atoms with Crippen molar-refractivity contribution in [3.05, 3.63) is 57.6 Å². The molecule has 2 N–H and O–H groups in total. The molecule has 0 aliphatic rings. The fourth-order valence-corrected chi connectivity index (χ4v) is 4.47. The zero-order chi connectivity index (χ0) is 23.6. The SMILES string of the molecule is Cc1ccc(S(=O)(=O)NC(C)(C)C)cc1C(=O)N(C)CC(=O)Nc1ccc(Cl)c(Cl)c1. The molecule has 0 heterocycles. The van der Waals surface area contributed by atoms with Gasteiger partial charge >= 0.3 is 0 Å². The number of nitrogens with zero attached hydrogens (tertiary/aromatic N) is 1. The van der Waals surface area contributed by atoms with Crippen LogP contribution in [-0.2, 0) is 14.8 Å². The van der Waals surface area contributed by atoms with Crippen LogP contribution < -0.4 is 10.0 Å². The number of nitrogens with one attached hydrogen (secondary N) is 2. The third-order valence-corrected chi connectivity index (χ3v) is 6.62. The topological polar surface area (TPSA) is 95.6 Å². The molecule has 31 heavy (non-hydrogen) atoms. The van der Waals surface area contributed by atoms with Gasteiger partial charge in [0.2, 0.25) is 15.9 Å². The fraction of sp³-hybridized carbons (Fsp3) is 0.333. The van der Waals surface area contributed by atoms with E-state index in [0.717, 1.165) is 0 Å². The van der Waals surface area contributed by atoms with Gasteiger partial charge in [0.05, 0.1) is 21.5 Å². The summed E-state index contributed by atoms with van der Waals surface area (Å²) in [6.07, 6.45) is 0. The van der Waals surface area contributed by atoms with E-state index in [1.165, 1.54) is 30.1 Å². The lowest BCUT2D eigenvalue weighted by Gasteiger charge is -2.22. The number of likely N-dealkylation sites (N-methyl/N-ethyl adjacent to an activating group) is 1. The monoisotopic (exact) mass is 485 g/mol. The first-order valence-corrected chi connectivity index (χ1v) is 11.6. The third-order valence-electron chi connectivity index (χ3n) is 4.12. The van der Waals surface area contributed by atoms with Crippen LogP contribution in [0.4, 0.5) is 5.69 Å². The minimum atomic E-state index is -3.81. The Hall–Kier alpha value is -2.13. The molecule has 0 radical (unpaired) electrons. The van der Waals surface area contributed by atoms with Crippen molar-refractivity contribution in [2.45, 2.75) is 38.1 Å². The van der Waals surface area contributed by atoms with Crippen molar-refractivity contribution in [3.8, 4) is 0 Å². The van der Waals surface area contributed by atoms with Crippen molar-refractivity contribution in [2.24, 2.45) is 0 Å². The second-order valence-corrected chi connectivity index (χ2v) is 10.7. The summed E-state index contributed by atoms with van der Waals surface area (Å²) in [6.45, 7) is 6.64. The summed E-state index contributed by atoms with van der Waals surface area (Å²) in [4.78, 5) is 26.4. The maximum absolute atomic E-state index is 12.9. The van der Waals surface area contributed by atoms with Crippen LogP contribution in [0, 0.1) is 6.92 Å². The van der Waals surface area contributed by atoms with Crippen molar-refractivity contribution >= 4 is 50.7 Å². The van der Waals surface area contributed by atoms with Crippen molar-refractivity contribution in [2.75, 3.05) is 18.9 Å². The molecule has 2 amide bonds. The average molecular weight is 486 g/mol. The van der Waals surface area contributed by atoms with Crippen molar-refractivity contribution in [3.63, 3.8) is 0 Å². The van der Waals surface area contributed by atoms with Gasteiger partial charge in [0.1, 0.15) is 0 Å². The lowest BCUT2D eigenvalue weighted by Crippen LogP contribution is -2.40. The Morgan fingerprint density at radius 2 is 1.68 bits per heavy atom.